The summed E-state index contributed by atoms with van der Waals surface area (Å²) in [4.78, 5) is 8.11. The summed E-state index contributed by atoms with van der Waals surface area (Å²) < 4.78 is 10.5. The largest absolute Gasteiger partial charge is 0.417 e. The molecule has 78 valence electrons. The van der Waals surface area contributed by atoms with Crippen molar-refractivity contribution in [3.8, 4) is 11.8 Å². The van der Waals surface area contributed by atoms with Gasteiger partial charge in [0.25, 0.3) is 0 Å². The first-order valence-corrected chi connectivity index (χ1v) is 4.53. The van der Waals surface area contributed by atoms with Crippen molar-refractivity contribution < 1.29 is 9.15 Å². The van der Waals surface area contributed by atoms with Crippen molar-refractivity contribution in [1.29, 1.82) is 0 Å². The number of aromatic nitrogens is 2. The van der Waals surface area contributed by atoms with Crippen LogP contribution in [0.5, 0.6) is 11.8 Å². The van der Waals surface area contributed by atoms with E-state index >= 15 is 0 Å². The van der Waals surface area contributed by atoms with Crippen molar-refractivity contribution in [3.63, 3.8) is 0 Å². The highest BCUT2D eigenvalue weighted by molar-refractivity contribution is 5.27. The van der Waals surface area contributed by atoms with E-state index in [1.807, 2.05) is 6.92 Å². The Hall–Kier alpha value is -1.88. The van der Waals surface area contributed by atoms with Gasteiger partial charge >= 0.3 is 6.08 Å². The lowest BCUT2D eigenvalue weighted by atomic mass is 10.3. The summed E-state index contributed by atoms with van der Waals surface area (Å²) in [5.41, 5.74) is 6.84. The predicted molar refractivity (Wildman–Crippen MR) is 53.4 cm³/mol. The summed E-state index contributed by atoms with van der Waals surface area (Å²) in [5.74, 6) is 0.628. The molecule has 5 heteroatoms. The molecule has 0 amide bonds. The Bertz CT molecular complexity index is 453. The van der Waals surface area contributed by atoms with Crippen LogP contribution in [0, 0.1) is 6.92 Å². The van der Waals surface area contributed by atoms with E-state index in [0.717, 1.165) is 5.69 Å². The minimum absolute atomic E-state index is 0.187. The van der Waals surface area contributed by atoms with Crippen LogP contribution >= 0.6 is 0 Å². The van der Waals surface area contributed by atoms with Crippen molar-refractivity contribution >= 4 is 0 Å². The third-order valence-electron chi connectivity index (χ3n) is 1.90. The van der Waals surface area contributed by atoms with Crippen LogP contribution in [0.25, 0.3) is 0 Å². The summed E-state index contributed by atoms with van der Waals surface area (Å²) in [6.45, 7) is 2.18. The number of oxazole rings is 1. The van der Waals surface area contributed by atoms with Gasteiger partial charge in [0.1, 0.15) is 6.26 Å². The number of nitrogens with two attached hydrogens (primary N) is 1. The molecule has 0 unspecified atom stereocenters. The van der Waals surface area contributed by atoms with Gasteiger partial charge in [0.2, 0.25) is 0 Å². The molecule has 0 spiro atoms. The maximum absolute atomic E-state index is 5.40. The predicted octanol–water partition coefficient (Wildman–Crippen LogP) is 1.63. The Labute approximate surface area is 86.9 Å². The second-order valence-electron chi connectivity index (χ2n) is 3.00. The van der Waals surface area contributed by atoms with Gasteiger partial charge in [-0.3, -0.25) is 4.98 Å². The second-order valence-corrected chi connectivity index (χ2v) is 3.00. The SMILES string of the molecule is Cc1ncccc1Oc1nc(CN)co1. The van der Waals surface area contributed by atoms with Gasteiger partial charge in [-0.05, 0) is 19.1 Å². The number of aryl methyl sites for hydroxylation is 1. The van der Waals surface area contributed by atoms with E-state index in [2.05, 4.69) is 9.97 Å². The summed E-state index contributed by atoms with van der Waals surface area (Å²) in [6.07, 6.45) is 3.36. The first-order chi connectivity index (χ1) is 7.29. The second kappa shape index (κ2) is 4.10. The van der Waals surface area contributed by atoms with E-state index in [9.17, 15) is 0 Å². The molecule has 0 aliphatic carbocycles. The van der Waals surface area contributed by atoms with Crippen molar-refractivity contribution in [3.05, 3.63) is 36.0 Å². The quantitative estimate of drug-likeness (QED) is 0.824. The molecular formula is C10H11N3O2. The molecule has 0 saturated carbocycles. The zero-order valence-electron chi connectivity index (χ0n) is 8.30. The highest BCUT2D eigenvalue weighted by Crippen LogP contribution is 2.22. The van der Waals surface area contributed by atoms with Gasteiger partial charge in [-0.25, -0.2) is 0 Å². The molecule has 2 rings (SSSR count). The van der Waals surface area contributed by atoms with Crippen molar-refractivity contribution in [2.45, 2.75) is 13.5 Å². The fraction of sp³-hybridized carbons (Fsp3) is 0.200. The molecule has 0 radical (unpaired) electrons. The smallest absolute Gasteiger partial charge is 0.399 e. The Morgan fingerprint density at radius 1 is 1.53 bits per heavy atom. The Balaban J connectivity index is 2.18. The van der Waals surface area contributed by atoms with Gasteiger partial charge in [0, 0.05) is 12.7 Å². The van der Waals surface area contributed by atoms with E-state index in [4.69, 9.17) is 14.9 Å². The average molecular weight is 205 g/mol. The molecule has 15 heavy (non-hydrogen) atoms. The number of hydrogen-bond acceptors (Lipinski definition) is 5. The monoisotopic (exact) mass is 205 g/mol. The van der Waals surface area contributed by atoms with E-state index in [-0.39, 0.29) is 6.08 Å². The van der Waals surface area contributed by atoms with Gasteiger partial charge in [0.05, 0.1) is 11.4 Å². The Kier molecular flexibility index (Phi) is 2.64. The lowest BCUT2D eigenvalue weighted by Gasteiger charge is -2.01. The molecule has 0 bridgehead atoms. The van der Waals surface area contributed by atoms with Crippen LogP contribution in [0.4, 0.5) is 0 Å². The first kappa shape index (κ1) is 9.67. The van der Waals surface area contributed by atoms with E-state index in [1.165, 1.54) is 6.26 Å². The molecule has 2 aromatic heterocycles. The summed E-state index contributed by atoms with van der Waals surface area (Å²) in [6, 6.07) is 3.59. The average Bonchev–Trinajstić information content (AvgIpc) is 2.69. The number of pyridine rings is 1. The van der Waals surface area contributed by atoms with Crippen molar-refractivity contribution in [2.75, 3.05) is 0 Å². The fourth-order valence-electron chi connectivity index (χ4n) is 1.10. The zero-order valence-corrected chi connectivity index (χ0v) is 8.30. The standard InChI is InChI=1S/C10H11N3O2/c1-7-9(3-2-4-12-7)15-10-13-8(5-11)6-14-10/h2-4,6H,5,11H2,1H3. The maximum Gasteiger partial charge on any atom is 0.399 e. The van der Waals surface area contributed by atoms with E-state index < -0.39 is 0 Å². The molecule has 0 fully saturated rings. The van der Waals surface area contributed by atoms with Crippen LogP contribution < -0.4 is 10.5 Å². The van der Waals surface area contributed by atoms with Gasteiger partial charge in [0.15, 0.2) is 5.75 Å². The van der Waals surface area contributed by atoms with Crippen LogP contribution in [0.3, 0.4) is 0 Å². The molecule has 0 aromatic carbocycles. The first-order valence-electron chi connectivity index (χ1n) is 4.53. The van der Waals surface area contributed by atoms with Crippen LogP contribution in [-0.2, 0) is 6.54 Å². The van der Waals surface area contributed by atoms with E-state index in [0.29, 0.717) is 18.0 Å². The summed E-state index contributed by atoms with van der Waals surface area (Å²) in [7, 11) is 0. The molecule has 2 N–H and O–H groups in total. The Morgan fingerprint density at radius 3 is 3.07 bits per heavy atom. The normalized spacial score (nSPS) is 10.3. The molecule has 2 heterocycles. The topological polar surface area (TPSA) is 74.2 Å². The number of rotatable bonds is 3. The molecule has 2 aromatic rings. The van der Waals surface area contributed by atoms with Crippen molar-refractivity contribution in [2.24, 2.45) is 5.73 Å². The summed E-state index contributed by atoms with van der Waals surface area (Å²) in [5, 5.41) is 0. The van der Waals surface area contributed by atoms with Gasteiger partial charge in [-0.15, -0.1) is 0 Å². The molecule has 0 atom stereocenters. The maximum atomic E-state index is 5.40. The minimum atomic E-state index is 0.187. The fourth-order valence-corrected chi connectivity index (χ4v) is 1.10. The zero-order chi connectivity index (χ0) is 10.7. The molecular weight excluding hydrogens is 194 g/mol. The van der Waals surface area contributed by atoms with Crippen LogP contribution in [0.15, 0.2) is 29.0 Å². The van der Waals surface area contributed by atoms with Crippen LogP contribution in [0.1, 0.15) is 11.4 Å². The minimum Gasteiger partial charge on any atom is -0.417 e. The van der Waals surface area contributed by atoms with Crippen LogP contribution in [0.2, 0.25) is 0 Å². The number of hydrogen-bond donors (Lipinski definition) is 1. The van der Waals surface area contributed by atoms with Gasteiger partial charge in [-0.2, -0.15) is 4.98 Å². The lowest BCUT2D eigenvalue weighted by Crippen LogP contribution is -1.96. The lowest BCUT2D eigenvalue weighted by molar-refractivity contribution is 0.328. The number of ether oxygens (including phenoxy) is 1. The van der Waals surface area contributed by atoms with Crippen molar-refractivity contribution in [1.82, 2.24) is 9.97 Å². The molecule has 0 aliphatic heterocycles. The molecule has 5 nitrogen and oxygen atoms in total. The highest BCUT2D eigenvalue weighted by atomic mass is 16.6. The summed E-state index contributed by atoms with van der Waals surface area (Å²) >= 11 is 0. The highest BCUT2D eigenvalue weighted by Gasteiger charge is 2.07. The Morgan fingerprint density at radius 2 is 2.40 bits per heavy atom. The number of nitrogens with zero attached hydrogens (tertiary/aromatic N) is 2. The van der Waals surface area contributed by atoms with Gasteiger partial charge < -0.3 is 14.9 Å². The third kappa shape index (κ3) is 2.13. The van der Waals surface area contributed by atoms with Gasteiger partial charge in [-0.1, -0.05) is 0 Å². The van der Waals surface area contributed by atoms with Crippen LogP contribution in [-0.4, -0.2) is 9.97 Å². The third-order valence-corrected chi connectivity index (χ3v) is 1.90. The molecule has 0 saturated heterocycles. The molecule has 0 aliphatic rings. The van der Waals surface area contributed by atoms with E-state index in [1.54, 1.807) is 18.3 Å².